The first-order valence-electron chi connectivity index (χ1n) is 6.06. The summed E-state index contributed by atoms with van der Waals surface area (Å²) in [5.74, 6) is 2.22. The zero-order valence-electron chi connectivity index (χ0n) is 11.3. The minimum atomic E-state index is -0.0339. The lowest BCUT2D eigenvalue weighted by Crippen LogP contribution is -2.27. The molecule has 5 nitrogen and oxygen atoms in total. The Labute approximate surface area is 112 Å². The normalized spacial score (nSPS) is 10.3. The number of likely N-dealkylation sites (N-methyl/N-ethyl adjacent to an activating group) is 1. The van der Waals surface area contributed by atoms with Gasteiger partial charge in [-0.25, -0.2) is 4.98 Å². The summed E-state index contributed by atoms with van der Waals surface area (Å²) in [6, 6.07) is 7.36. The molecule has 2 heterocycles. The fourth-order valence-corrected chi connectivity index (χ4v) is 1.72. The monoisotopic (exact) mass is 259 g/mol. The Morgan fingerprint density at radius 3 is 2.68 bits per heavy atom. The van der Waals surface area contributed by atoms with Crippen LogP contribution in [0.5, 0.6) is 0 Å². The maximum atomic E-state index is 12.1. The van der Waals surface area contributed by atoms with Crippen LogP contribution in [0, 0.1) is 6.92 Å². The van der Waals surface area contributed by atoms with E-state index >= 15 is 0 Å². The standard InChI is InChI=1S/C14H17N3O2/c1-10-4-6-12(19-10)8-14(18)17(3)11-5-7-13(15-2)16-9-11/h4-7,9H,8H2,1-3H3,(H,15,16). The Morgan fingerprint density at radius 2 is 2.16 bits per heavy atom. The number of aryl methyl sites for hydroxylation is 1. The molecule has 1 amide bonds. The molecule has 0 unspecified atom stereocenters. The number of carbonyl (C=O) groups is 1. The smallest absolute Gasteiger partial charge is 0.234 e. The van der Waals surface area contributed by atoms with E-state index in [0.29, 0.717) is 5.76 Å². The zero-order valence-corrected chi connectivity index (χ0v) is 11.3. The van der Waals surface area contributed by atoms with Gasteiger partial charge < -0.3 is 14.6 Å². The fourth-order valence-electron chi connectivity index (χ4n) is 1.72. The summed E-state index contributed by atoms with van der Waals surface area (Å²) in [5.41, 5.74) is 0.757. The van der Waals surface area contributed by atoms with Crippen LogP contribution >= 0.6 is 0 Å². The number of furan rings is 1. The van der Waals surface area contributed by atoms with E-state index in [1.54, 1.807) is 25.2 Å². The van der Waals surface area contributed by atoms with E-state index in [1.807, 2.05) is 31.2 Å². The van der Waals surface area contributed by atoms with Gasteiger partial charge >= 0.3 is 0 Å². The predicted octanol–water partition coefficient (Wildman–Crippen LogP) is 2.23. The third kappa shape index (κ3) is 3.13. The molecule has 0 saturated carbocycles. The largest absolute Gasteiger partial charge is 0.466 e. The number of aromatic nitrogens is 1. The summed E-state index contributed by atoms with van der Waals surface area (Å²) in [4.78, 5) is 17.9. The Bertz CT molecular complexity index is 560. The molecular weight excluding hydrogens is 242 g/mol. The molecule has 0 aliphatic heterocycles. The number of nitrogens with zero attached hydrogens (tertiary/aromatic N) is 2. The second kappa shape index (κ2) is 5.56. The van der Waals surface area contributed by atoms with Crippen LogP contribution in [0.2, 0.25) is 0 Å². The topological polar surface area (TPSA) is 58.4 Å². The summed E-state index contributed by atoms with van der Waals surface area (Å²) in [5, 5.41) is 2.94. The van der Waals surface area contributed by atoms with Gasteiger partial charge in [-0.15, -0.1) is 0 Å². The van der Waals surface area contributed by atoms with Crippen molar-refractivity contribution in [2.24, 2.45) is 0 Å². The number of anilines is 2. The molecule has 0 aromatic carbocycles. The lowest BCUT2D eigenvalue weighted by atomic mass is 10.3. The van der Waals surface area contributed by atoms with Crippen molar-refractivity contribution in [1.82, 2.24) is 4.98 Å². The molecule has 2 rings (SSSR count). The average Bonchev–Trinajstić information content (AvgIpc) is 2.83. The summed E-state index contributed by atoms with van der Waals surface area (Å²) in [7, 11) is 3.53. The van der Waals surface area contributed by atoms with Crippen molar-refractivity contribution in [3.8, 4) is 0 Å². The lowest BCUT2D eigenvalue weighted by molar-refractivity contribution is -0.117. The van der Waals surface area contributed by atoms with Crippen LogP contribution < -0.4 is 10.2 Å². The van der Waals surface area contributed by atoms with Gasteiger partial charge in [-0.1, -0.05) is 0 Å². The van der Waals surface area contributed by atoms with Crippen molar-refractivity contribution in [3.05, 3.63) is 42.0 Å². The van der Waals surface area contributed by atoms with E-state index in [0.717, 1.165) is 17.3 Å². The molecule has 0 spiro atoms. The van der Waals surface area contributed by atoms with Crippen LogP contribution in [-0.4, -0.2) is 25.0 Å². The highest BCUT2D eigenvalue weighted by Gasteiger charge is 2.13. The summed E-state index contributed by atoms with van der Waals surface area (Å²) in [6.45, 7) is 1.86. The van der Waals surface area contributed by atoms with E-state index in [4.69, 9.17) is 4.42 Å². The van der Waals surface area contributed by atoms with Gasteiger partial charge in [0.05, 0.1) is 18.3 Å². The van der Waals surface area contributed by atoms with Crippen molar-refractivity contribution in [2.75, 3.05) is 24.3 Å². The fraction of sp³-hybridized carbons (Fsp3) is 0.286. The highest BCUT2D eigenvalue weighted by molar-refractivity contribution is 5.93. The predicted molar refractivity (Wildman–Crippen MR) is 74.3 cm³/mol. The van der Waals surface area contributed by atoms with Gasteiger partial charge in [-0.2, -0.15) is 0 Å². The highest BCUT2D eigenvalue weighted by Crippen LogP contribution is 2.15. The first-order chi connectivity index (χ1) is 9.10. The SMILES string of the molecule is CNc1ccc(N(C)C(=O)Cc2ccc(C)o2)cn1. The molecule has 5 heteroatoms. The van der Waals surface area contributed by atoms with Gasteiger partial charge in [-0.3, -0.25) is 4.79 Å². The zero-order chi connectivity index (χ0) is 13.8. The minimum Gasteiger partial charge on any atom is -0.466 e. The number of hydrogen-bond acceptors (Lipinski definition) is 4. The van der Waals surface area contributed by atoms with Crippen LogP contribution in [-0.2, 0) is 11.2 Å². The first-order valence-corrected chi connectivity index (χ1v) is 6.06. The second-order valence-electron chi connectivity index (χ2n) is 4.29. The maximum Gasteiger partial charge on any atom is 0.234 e. The molecule has 0 atom stereocenters. The molecule has 2 aromatic rings. The maximum absolute atomic E-state index is 12.1. The van der Waals surface area contributed by atoms with Gasteiger partial charge in [0.2, 0.25) is 5.91 Å². The number of carbonyl (C=O) groups excluding carboxylic acids is 1. The molecule has 1 N–H and O–H groups in total. The summed E-state index contributed by atoms with van der Waals surface area (Å²) < 4.78 is 5.40. The van der Waals surface area contributed by atoms with Gasteiger partial charge in [0.1, 0.15) is 17.3 Å². The van der Waals surface area contributed by atoms with Gasteiger partial charge in [-0.05, 0) is 31.2 Å². The average molecular weight is 259 g/mol. The third-order valence-corrected chi connectivity index (χ3v) is 2.89. The van der Waals surface area contributed by atoms with E-state index in [1.165, 1.54) is 0 Å². The van der Waals surface area contributed by atoms with Gasteiger partial charge in [0.25, 0.3) is 0 Å². The van der Waals surface area contributed by atoms with Gasteiger partial charge in [0, 0.05) is 14.1 Å². The van der Waals surface area contributed by atoms with Crippen molar-refractivity contribution in [1.29, 1.82) is 0 Å². The molecule has 19 heavy (non-hydrogen) atoms. The minimum absolute atomic E-state index is 0.0339. The Kier molecular flexibility index (Phi) is 3.85. The van der Waals surface area contributed by atoms with Crippen LogP contribution in [0.4, 0.5) is 11.5 Å². The van der Waals surface area contributed by atoms with Crippen LogP contribution in [0.3, 0.4) is 0 Å². The Morgan fingerprint density at radius 1 is 1.37 bits per heavy atom. The summed E-state index contributed by atoms with van der Waals surface area (Å²) in [6.07, 6.45) is 1.91. The second-order valence-corrected chi connectivity index (χ2v) is 4.29. The number of amides is 1. The molecule has 0 saturated heterocycles. The number of rotatable bonds is 4. The van der Waals surface area contributed by atoms with E-state index in [2.05, 4.69) is 10.3 Å². The first kappa shape index (κ1) is 13.1. The van der Waals surface area contributed by atoms with Crippen molar-refractivity contribution in [2.45, 2.75) is 13.3 Å². The van der Waals surface area contributed by atoms with Crippen molar-refractivity contribution in [3.63, 3.8) is 0 Å². The number of nitrogens with one attached hydrogen (secondary N) is 1. The van der Waals surface area contributed by atoms with E-state index in [-0.39, 0.29) is 12.3 Å². The number of pyridine rings is 1. The molecule has 0 aliphatic rings. The van der Waals surface area contributed by atoms with Crippen molar-refractivity contribution >= 4 is 17.4 Å². The quantitative estimate of drug-likeness (QED) is 0.914. The summed E-state index contributed by atoms with van der Waals surface area (Å²) >= 11 is 0. The molecule has 2 aromatic heterocycles. The third-order valence-electron chi connectivity index (χ3n) is 2.89. The van der Waals surface area contributed by atoms with Crippen LogP contribution in [0.25, 0.3) is 0 Å². The van der Waals surface area contributed by atoms with Crippen molar-refractivity contribution < 1.29 is 9.21 Å². The molecule has 0 radical (unpaired) electrons. The molecular formula is C14H17N3O2. The molecule has 0 bridgehead atoms. The Hall–Kier alpha value is -2.30. The van der Waals surface area contributed by atoms with Crippen LogP contribution in [0.15, 0.2) is 34.9 Å². The van der Waals surface area contributed by atoms with Gasteiger partial charge in [0.15, 0.2) is 0 Å². The molecule has 0 aliphatic carbocycles. The van der Waals surface area contributed by atoms with E-state index in [9.17, 15) is 4.79 Å². The highest BCUT2D eigenvalue weighted by atomic mass is 16.3. The van der Waals surface area contributed by atoms with Crippen LogP contribution in [0.1, 0.15) is 11.5 Å². The Balaban J connectivity index is 2.05. The lowest BCUT2D eigenvalue weighted by Gasteiger charge is -2.16. The molecule has 0 fully saturated rings. The van der Waals surface area contributed by atoms with E-state index < -0.39 is 0 Å². The number of hydrogen-bond donors (Lipinski definition) is 1. The molecule has 100 valence electrons.